The van der Waals surface area contributed by atoms with E-state index >= 15 is 0 Å². The number of halogens is 1. The van der Waals surface area contributed by atoms with Gasteiger partial charge in [0.25, 0.3) is 0 Å². The van der Waals surface area contributed by atoms with E-state index in [1.807, 2.05) is 11.8 Å². The summed E-state index contributed by atoms with van der Waals surface area (Å²) in [5.41, 5.74) is 2.61. The van der Waals surface area contributed by atoms with Gasteiger partial charge in [-0.05, 0) is 31.5 Å². The highest BCUT2D eigenvalue weighted by Crippen LogP contribution is 2.19. The Balaban J connectivity index is 0.00000242. The van der Waals surface area contributed by atoms with Gasteiger partial charge < -0.3 is 15.5 Å². The lowest BCUT2D eigenvalue weighted by Gasteiger charge is -2.28. The maximum Gasteiger partial charge on any atom is 0.191 e. The molecule has 0 aliphatic carbocycles. The van der Waals surface area contributed by atoms with Crippen LogP contribution in [0.15, 0.2) is 29.3 Å². The van der Waals surface area contributed by atoms with Crippen LogP contribution in [0.4, 0.5) is 5.69 Å². The van der Waals surface area contributed by atoms with Crippen molar-refractivity contribution in [3.05, 3.63) is 29.8 Å². The molecule has 1 aliphatic heterocycles. The predicted molar refractivity (Wildman–Crippen MR) is 110 cm³/mol. The summed E-state index contributed by atoms with van der Waals surface area (Å²) >= 11 is 2.04. The van der Waals surface area contributed by atoms with E-state index < -0.39 is 0 Å². The van der Waals surface area contributed by atoms with Gasteiger partial charge >= 0.3 is 0 Å². The molecule has 0 saturated carbocycles. The molecule has 1 aromatic rings. The summed E-state index contributed by atoms with van der Waals surface area (Å²) in [6.45, 7) is 7.33. The number of rotatable bonds is 4. The first-order valence-electron chi connectivity index (χ1n) is 7.58. The fourth-order valence-electron chi connectivity index (χ4n) is 2.30. The Morgan fingerprint density at radius 2 is 1.86 bits per heavy atom. The van der Waals surface area contributed by atoms with Crippen molar-refractivity contribution in [2.45, 2.75) is 26.4 Å². The molecule has 1 aliphatic rings. The lowest BCUT2D eigenvalue weighted by molar-refractivity contribution is 0.699. The number of hydrogen-bond acceptors (Lipinski definition) is 3. The highest BCUT2D eigenvalue weighted by Gasteiger charge is 2.10. The maximum atomic E-state index is 4.22. The minimum atomic E-state index is 0. The summed E-state index contributed by atoms with van der Waals surface area (Å²) < 4.78 is 0. The van der Waals surface area contributed by atoms with E-state index in [0.717, 1.165) is 25.6 Å². The van der Waals surface area contributed by atoms with Gasteiger partial charge in [-0.3, -0.25) is 4.99 Å². The van der Waals surface area contributed by atoms with E-state index in [4.69, 9.17) is 0 Å². The molecule has 0 atom stereocenters. The van der Waals surface area contributed by atoms with Crippen LogP contribution in [0.1, 0.15) is 19.4 Å². The second-order valence-corrected chi connectivity index (χ2v) is 6.72. The van der Waals surface area contributed by atoms with Gasteiger partial charge in [0, 0.05) is 49.9 Å². The topological polar surface area (TPSA) is 39.7 Å². The number of thioether (sulfide) groups is 1. The van der Waals surface area contributed by atoms with Gasteiger partial charge in [0.15, 0.2) is 5.96 Å². The number of guanidine groups is 1. The first-order valence-corrected chi connectivity index (χ1v) is 8.73. The van der Waals surface area contributed by atoms with Crippen molar-refractivity contribution in [2.75, 3.05) is 36.5 Å². The summed E-state index contributed by atoms with van der Waals surface area (Å²) in [5.74, 6) is 3.32. The molecule has 2 rings (SSSR count). The summed E-state index contributed by atoms with van der Waals surface area (Å²) in [4.78, 5) is 6.68. The fourth-order valence-corrected chi connectivity index (χ4v) is 3.20. The predicted octanol–water partition coefficient (Wildman–Crippen LogP) is 2.93. The molecule has 1 fully saturated rings. The van der Waals surface area contributed by atoms with Gasteiger partial charge in [-0.2, -0.15) is 11.8 Å². The zero-order valence-electron chi connectivity index (χ0n) is 13.6. The SMILES string of the molecule is CN=C(NCc1ccc(N2CCSCC2)cc1)NC(C)C.I. The van der Waals surface area contributed by atoms with Crippen molar-refractivity contribution < 1.29 is 0 Å². The normalized spacial score (nSPS) is 15.5. The molecule has 1 heterocycles. The van der Waals surface area contributed by atoms with E-state index in [1.54, 1.807) is 7.05 Å². The second kappa shape index (κ2) is 10.2. The lowest BCUT2D eigenvalue weighted by atomic mass is 10.2. The smallest absolute Gasteiger partial charge is 0.191 e. The molecular formula is C16H27IN4S. The van der Waals surface area contributed by atoms with Crippen molar-refractivity contribution >= 4 is 47.4 Å². The molecule has 0 aromatic heterocycles. The van der Waals surface area contributed by atoms with E-state index in [9.17, 15) is 0 Å². The summed E-state index contributed by atoms with van der Waals surface area (Å²) in [6.07, 6.45) is 0. The van der Waals surface area contributed by atoms with Gasteiger partial charge in [0.05, 0.1) is 0 Å². The highest BCUT2D eigenvalue weighted by molar-refractivity contribution is 14.0. The number of nitrogens with one attached hydrogen (secondary N) is 2. The Labute approximate surface area is 155 Å². The summed E-state index contributed by atoms with van der Waals surface area (Å²) in [7, 11) is 1.80. The summed E-state index contributed by atoms with van der Waals surface area (Å²) in [5, 5.41) is 6.63. The maximum absolute atomic E-state index is 4.22. The van der Waals surface area contributed by atoms with E-state index in [2.05, 4.69) is 58.6 Å². The standard InChI is InChI=1S/C16H26N4S.HI/c1-13(2)19-16(17-3)18-12-14-4-6-15(7-5-14)20-8-10-21-11-9-20;/h4-7,13H,8-12H2,1-3H3,(H2,17,18,19);1H. The highest BCUT2D eigenvalue weighted by atomic mass is 127. The largest absolute Gasteiger partial charge is 0.370 e. The molecule has 1 aromatic carbocycles. The monoisotopic (exact) mass is 434 g/mol. The van der Waals surface area contributed by atoms with E-state index in [1.165, 1.54) is 22.8 Å². The molecule has 0 unspecified atom stereocenters. The number of anilines is 1. The fraction of sp³-hybridized carbons (Fsp3) is 0.562. The Morgan fingerprint density at radius 3 is 2.41 bits per heavy atom. The number of benzene rings is 1. The van der Waals surface area contributed by atoms with Crippen molar-refractivity contribution in [2.24, 2.45) is 4.99 Å². The van der Waals surface area contributed by atoms with Crippen molar-refractivity contribution in [1.82, 2.24) is 10.6 Å². The van der Waals surface area contributed by atoms with Crippen LogP contribution in [0, 0.1) is 0 Å². The molecular weight excluding hydrogens is 407 g/mol. The van der Waals surface area contributed by atoms with Crippen LogP contribution >= 0.6 is 35.7 Å². The minimum absolute atomic E-state index is 0. The van der Waals surface area contributed by atoms with Gasteiger partial charge in [0.1, 0.15) is 0 Å². The van der Waals surface area contributed by atoms with Crippen LogP contribution in [0.25, 0.3) is 0 Å². The van der Waals surface area contributed by atoms with E-state index in [-0.39, 0.29) is 24.0 Å². The second-order valence-electron chi connectivity index (χ2n) is 5.49. The Hall–Kier alpha value is -0.630. The third-order valence-electron chi connectivity index (χ3n) is 3.42. The van der Waals surface area contributed by atoms with Gasteiger partial charge in [-0.25, -0.2) is 0 Å². The Bertz CT molecular complexity index is 456. The van der Waals surface area contributed by atoms with Crippen LogP contribution in [0.3, 0.4) is 0 Å². The molecule has 0 spiro atoms. The van der Waals surface area contributed by atoms with Gasteiger partial charge in [-0.15, -0.1) is 24.0 Å². The number of nitrogens with zero attached hydrogens (tertiary/aromatic N) is 2. The molecule has 0 radical (unpaired) electrons. The van der Waals surface area contributed by atoms with E-state index in [0.29, 0.717) is 6.04 Å². The van der Waals surface area contributed by atoms with Crippen LogP contribution < -0.4 is 15.5 Å². The Morgan fingerprint density at radius 1 is 1.23 bits per heavy atom. The molecule has 1 saturated heterocycles. The first kappa shape index (κ1) is 19.4. The van der Waals surface area contributed by atoms with Crippen molar-refractivity contribution in [3.8, 4) is 0 Å². The van der Waals surface area contributed by atoms with Crippen LogP contribution in [-0.4, -0.2) is 43.6 Å². The molecule has 0 amide bonds. The van der Waals surface area contributed by atoms with Crippen molar-refractivity contribution in [3.63, 3.8) is 0 Å². The summed E-state index contributed by atoms with van der Waals surface area (Å²) in [6, 6.07) is 9.24. The molecule has 22 heavy (non-hydrogen) atoms. The quantitative estimate of drug-likeness (QED) is 0.435. The number of aliphatic imine (C=N–C) groups is 1. The molecule has 4 nitrogen and oxygen atoms in total. The lowest BCUT2D eigenvalue weighted by Crippen LogP contribution is -2.40. The third-order valence-corrected chi connectivity index (χ3v) is 4.36. The third kappa shape index (κ3) is 6.24. The minimum Gasteiger partial charge on any atom is -0.370 e. The molecule has 6 heteroatoms. The molecule has 0 bridgehead atoms. The van der Waals surface area contributed by atoms with Gasteiger partial charge in [0.2, 0.25) is 0 Å². The van der Waals surface area contributed by atoms with Crippen LogP contribution in [0.2, 0.25) is 0 Å². The average Bonchev–Trinajstić information content (AvgIpc) is 2.52. The number of hydrogen-bond donors (Lipinski definition) is 2. The van der Waals surface area contributed by atoms with Crippen LogP contribution in [-0.2, 0) is 6.54 Å². The first-order chi connectivity index (χ1) is 10.2. The average molecular weight is 434 g/mol. The zero-order valence-corrected chi connectivity index (χ0v) is 16.8. The molecule has 124 valence electrons. The Kier molecular flexibility index (Phi) is 9.00. The van der Waals surface area contributed by atoms with Crippen LogP contribution in [0.5, 0.6) is 0 Å². The zero-order chi connectivity index (χ0) is 15.1. The van der Waals surface area contributed by atoms with Crippen molar-refractivity contribution in [1.29, 1.82) is 0 Å². The van der Waals surface area contributed by atoms with Gasteiger partial charge in [-0.1, -0.05) is 12.1 Å². The molecule has 2 N–H and O–H groups in total.